The lowest BCUT2D eigenvalue weighted by molar-refractivity contribution is -0.167. The number of nitrogens with one attached hydrogen (secondary N) is 1. The fraction of sp³-hybridized carbons (Fsp3) is 0.900. The first kappa shape index (κ1) is 16.4. The third-order valence-corrected chi connectivity index (χ3v) is 8.63. The van der Waals surface area contributed by atoms with E-state index < -0.39 is 5.97 Å². The minimum Gasteiger partial charge on any atom is -0.481 e. The fourth-order valence-electron chi connectivity index (χ4n) is 7.30. The zero-order valence-electron chi connectivity index (χ0n) is 15.0. The first-order valence-electron chi connectivity index (χ1n) is 9.88. The Labute approximate surface area is 144 Å². The normalized spacial score (nSPS) is 50.9. The van der Waals surface area contributed by atoms with Crippen LogP contribution in [-0.4, -0.2) is 23.0 Å². The molecule has 1 heterocycles. The minimum absolute atomic E-state index is 0.0215. The Hall–Kier alpha value is -1.06. The Balaban J connectivity index is 1.64. The van der Waals surface area contributed by atoms with E-state index >= 15 is 0 Å². The molecule has 0 aromatic rings. The number of amides is 1. The van der Waals surface area contributed by atoms with Gasteiger partial charge in [-0.25, -0.2) is 0 Å². The number of hydrogen-bond donors (Lipinski definition) is 2. The van der Waals surface area contributed by atoms with Gasteiger partial charge in [-0.1, -0.05) is 20.3 Å². The lowest BCUT2D eigenvalue weighted by Gasteiger charge is -2.62. The van der Waals surface area contributed by atoms with Gasteiger partial charge in [0.1, 0.15) is 0 Å². The van der Waals surface area contributed by atoms with Crippen LogP contribution in [0.5, 0.6) is 0 Å². The van der Waals surface area contributed by atoms with Crippen molar-refractivity contribution >= 4 is 11.9 Å². The molecule has 2 N–H and O–H groups in total. The molecule has 1 aliphatic heterocycles. The van der Waals surface area contributed by atoms with E-state index in [0.29, 0.717) is 30.2 Å². The van der Waals surface area contributed by atoms with Gasteiger partial charge in [-0.15, -0.1) is 0 Å². The highest BCUT2D eigenvalue weighted by Gasteiger charge is 2.60. The number of piperidine rings is 1. The number of carboxylic acid groups (broad SMARTS) is 1. The van der Waals surface area contributed by atoms with E-state index in [1.54, 1.807) is 0 Å². The Bertz CT molecular complexity index is 561. The van der Waals surface area contributed by atoms with E-state index in [1.807, 2.05) is 0 Å². The van der Waals surface area contributed by atoms with Gasteiger partial charge in [0.2, 0.25) is 5.91 Å². The summed E-state index contributed by atoms with van der Waals surface area (Å²) >= 11 is 0. The Morgan fingerprint density at radius 3 is 2.54 bits per heavy atom. The predicted molar refractivity (Wildman–Crippen MR) is 91.3 cm³/mol. The molecule has 0 aromatic heterocycles. The molecule has 0 aromatic carbocycles. The topological polar surface area (TPSA) is 66.4 Å². The van der Waals surface area contributed by atoms with Crippen LogP contribution in [0.1, 0.15) is 71.6 Å². The lowest BCUT2D eigenvalue weighted by Crippen LogP contribution is -2.62. The summed E-state index contributed by atoms with van der Waals surface area (Å²) in [6.45, 7) is 4.66. The summed E-state index contributed by atoms with van der Waals surface area (Å²) in [5.74, 6) is 1.35. The molecule has 0 spiro atoms. The van der Waals surface area contributed by atoms with Crippen LogP contribution in [0.25, 0.3) is 0 Å². The van der Waals surface area contributed by atoms with Crippen molar-refractivity contribution in [3.63, 3.8) is 0 Å². The second kappa shape index (κ2) is 5.47. The number of carbonyl (C=O) groups excluding carboxylic acids is 1. The third-order valence-electron chi connectivity index (χ3n) is 8.63. The summed E-state index contributed by atoms with van der Waals surface area (Å²) < 4.78 is 0. The first-order chi connectivity index (χ1) is 11.4. The Morgan fingerprint density at radius 1 is 1.04 bits per heavy atom. The van der Waals surface area contributed by atoms with Crippen LogP contribution in [0.3, 0.4) is 0 Å². The van der Waals surface area contributed by atoms with E-state index in [1.165, 1.54) is 6.42 Å². The summed E-state index contributed by atoms with van der Waals surface area (Å²) in [5, 5.41) is 13.0. The molecule has 0 radical (unpaired) electrons. The molecule has 3 saturated carbocycles. The zero-order valence-corrected chi connectivity index (χ0v) is 15.0. The number of hydrogen-bond acceptors (Lipinski definition) is 2. The minimum atomic E-state index is -0.578. The van der Waals surface area contributed by atoms with Gasteiger partial charge in [0, 0.05) is 12.5 Å². The van der Waals surface area contributed by atoms with Gasteiger partial charge in [-0.05, 0) is 73.5 Å². The lowest BCUT2D eigenvalue weighted by atomic mass is 9.43. The van der Waals surface area contributed by atoms with Crippen molar-refractivity contribution in [3.05, 3.63) is 0 Å². The van der Waals surface area contributed by atoms with Gasteiger partial charge >= 0.3 is 5.97 Å². The van der Waals surface area contributed by atoms with E-state index in [0.717, 1.165) is 44.9 Å². The van der Waals surface area contributed by atoms with Crippen molar-refractivity contribution in [2.75, 3.05) is 0 Å². The maximum Gasteiger partial charge on any atom is 0.307 e. The second-order valence-electron chi connectivity index (χ2n) is 9.45. The molecule has 1 saturated heterocycles. The monoisotopic (exact) mass is 333 g/mol. The highest BCUT2D eigenvalue weighted by molar-refractivity contribution is 5.77. The van der Waals surface area contributed by atoms with Crippen LogP contribution in [0, 0.1) is 34.5 Å². The van der Waals surface area contributed by atoms with Crippen LogP contribution in [0.15, 0.2) is 0 Å². The number of carboxylic acids is 1. The van der Waals surface area contributed by atoms with Crippen LogP contribution < -0.4 is 5.32 Å². The van der Waals surface area contributed by atoms with E-state index in [9.17, 15) is 14.7 Å². The van der Waals surface area contributed by atoms with E-state index in [4.69, 9.17) is 0 Å². The largest absolute Gasteiger partial charge is 0.481 e. The SMILES string of the molecule is C[C@]12CCC(=O)N[C@@H]1CC[C@@H]1[C@@H]2CC[C@]2(C)[C@@H](C(=O)O)CCC[C@@H]12. The highest BCUT2D eigenvalue weighted by atomic mass is 16.4. The van der Waals surface area contributed by atoms with Crippen LogP contribution in [0.2, 0.25) is 0 Å². The van der Waals surface area contributed by atoms with Crippen molar-refractivity contribution in [2.24, 2.45) is 34.5 Å². The summed E-state index contributed by atoms with van der Waals surface area (Å²) in [4.78, 5) is 23.7. The van der Waals surface area contributed by atoms with Gasteiger partial charge in [0.25, 0.3) is 0 Å². The van der Waals surface area contributed by atoms with Gasteiger partial charge < -0.3 is 10.4 Å². The van der Waals surface area contributed by atoms with Crippen LogP contribution in [-0.2, 0) is 9.59 Å². The molecule has 4 aliphatic rings. The smallest absolute Gasteiger partial charge is 0.307 e. The van der Waals surface area contributed by atoms with E-state index in [2.05, 4.69) is 19.2 Å². The van der Waals surface area contributed by atoms with Crippen LogP contribution >= 0.6 is 0 Å². The van der Waals surface area contributed by atoms with Crippen molar-refractivity contribution < 1.29 is 14.7 Å². The Morgan fingerprint density at radius 2 is 1.79 bits per heavy atom. The third kappa shape index (κ3) is 2.17. The summed E-state index contributed by atoms with van der Waals surface area (Å²) in [5.41, 5.74) is 0.195. The zero-order chi connectivity index (χ0) is 17.1. The van der Waals surface area contributed by atoms with Gasteiger partial charge in [-0.2, -0.15) is 0 Å². The standard InChI is InChI=1S/C20H31NO3/c1-19-10-8-14-12(13(19)4-3-5-15(19)18(23)24)6-7-16-20(14,2)11-9-17(22)21-16/h12-16H,3-11H2,1-2H3,(H,21,22)(H,23,24)/t12-,13-,14-,15+,16+,19-,20+/m0/s1. The van der Waals surface area contributed by atoms with Gasteiger partial charge in [0.05, 0.1) is 5.92 Å². The molecule has 7 atom stereocenters. The average molecular weight is 333 g/mol. The summed E-state index contributed by atoms with van der Waals surface area (Å²) in [6, 6.07) is 0.336. The molecule has 4 nitrogen and oxygen atoms in total. The maximum absolute atomic E-state index is 11.9. The molecule has 1 amide bonds. The average Bonchev–Trinajstić information content (AvgIpc) is 2.54. The molecular weight excluding hydrogens is 302 g/mol. The molecule has 0 bridgehead atoms. The van der Waals surface area contributed by atoms with Crippen molar-refractivity contribution in [1.82, 2.24) is 5.32 Å². The quantitative estimate of drug-likeness (QED) is 0.770. The summed E-state index contributed by atoms with van der Waals surface area (Å²) in [7, 11) is 0. The van der Waals surface area contributed by atoms with Crippen LogP contribution in [0.4, 0.5) is 0 Å². The number of aliphatic carboxylic acids is 1. The fourth-order valence-corrected chi connectivity index (χ4v) is 7.30. The van der Waals surface area contributed by atoms with Gasteiger partial charge in [0.15, 0.2) is 0 Å². The molecular formula is C20H31NO3. The number of rotatable bonds is 1. The highest BCUT2D eigenvalue weighted by Crippen LogP contribution is 2.64. The molecule has 4 rings (SSSR count). The second-order valence-corrected chi connectivity index (χ2v) is 9.45. The van der Waals surface area contributed by atoms with Crippen molar-refractivity contribution in [3.8, 4) is 0 Å². The summed E-state index contributed by atoms with van der Waals surface area (Å²) in [6.07, 6.45) is 9.23. The predicted octanol–water partition coefficient (Wildman–Crippen LogP) is 3.60. The number of carbonyl (C=O) groups is 2. The molecule has 134 valence electrons. The first-order valence-corrected chi connectivity index (χ1v) is 9.88. The molecule has 4 heteroatoms. The number of fused-ring (bicyclic) bond motifs is 5. The molecule has 0 unspecified atom stereocenters. The van der Waals surface area contributed by atoms with Gasteiger partial charge in [-0.3, -0.25) is 9.59 Å². The maximum atomic E-state index is 11.9. The molecule has 4 fully saturated rings. The van der Waals surface area contributed by atoms with Crippen molar-refractivity contribution in [1.29, 1.82) is 0 Å². The molecule has 3 aliphatic carbocycles. The Kier molecular flexibility index (Phi) is 3.74. The van der Waals surface area contributed by atoms with Crippen molar-refractivity contribution in [2.45, 2.75) is 77.7 Å². The van der Waals surface area contributed by atoms with E-state index in [-0.39, 0.29) is 22.7 Å². The molecule has 24 heavy (non-hydrogen) atoms.